The Hall–Kier alpha value is -1.06. The smallest absolute Gasteiger partial charge is 0.310 e. The highest BCUT2D eigenvalue weighted by atomic mass is 16.4. The van der Waals surface area contributed by atoms with Crippen LogP contribution in [0.15, 0.2) is 0 Å². The van der Waals surface area contributed by atoms with Gasteiger partial charge < -0.3 is 10.2 Å². The maximum absolute atomic E-state index is 12.4. The van der Waals surface area contributed by atoms with Crippen molar-refractivity contribution in [1.29, 1.82) is 0 Å². The molecule has 0 saturated heterocycles. The van der Waals surface area contributed by atoms with Crippen molar-refractivity contribution >= 4 is 11.9 Å². The predicted molar refractivity (Wildman–Crippen MR) is 110 cm³/mol. The van der Waals surface area contributed by atoms with Crippen LogP contribution in [0.4, 0.5) is 0 Å². The summed E-state index contributed by atoms with van der Waals surface area (Å²) in [5.74, 6) is -0.843. The molecule has 1 saturated carbocycles. The van der Waals surface area contributed by atoms with Gasteiger partial charge in [-0.05, 0) is 37.5 Å². The summed E-state index contributed by atoms with van der Waals surface area (Å²) >= 11 is 0. The first-order valence-electron chi connectivity index (χ1n) is 11.1. The molecular weight excluding hydrogens is 340 g/mol. The summed E-state index contributed by atoms with van der Waals surface area (Å²) in [5, 5.41) is 20.3. The fraction of sp³-hybridized carbons (Fsp3) is 0.913. The van der Waals surface area contributed by atoms with Gasteiger partial charge in [-0.15, -0.1) is 0 Å². The summed E-state index contributed by atoms with van der Waals surface area (Å²) in [6, 6.07) is 0. The lowest BCUT2D eigenvalue weighted by Crippen LogP contribution is -2.55. The highest BCUT2D eigenvalue weighted by Crippen LogP contribution is 2.57. The van der Waals surface area contributed by atoms with Crippen molar-refractivity contribution in [3.8, 4) is 0 Å². The number of aliphatic carboxylic acids is 2. The normalized spacial score (nSPS) is 25.9. The van der Waals surface area contributed by atoms with Gasteiger partial charge >= 0.3 is 11.9 Å². The minimum atomic E-state index is -1.11. The van der Waals surface area contributed by atoms with Crippen LogP contribution < -0.4 is 0 Å². The van der Waals surface area contributed by atoms with Crippen LogP contribution in [0, 0.1) is 22.7 Å². The molecule has 4 nitrogen and oxygen atoms in total. The summed E-state index contributed by atoms with van der Waals surface area (Å²) < 4.78 is 0. The van der Waals surface area contributed by atoms with E-state index >= 15 is 0 Å². The molecule has 1 aliphatic rings. The minimum Gasteiger partial charge on any atom is -0.481 e. The third-order valence-electron chi connectivity index (χ3n) is 6.58. The second-order valence-corrected chi connectivity index (χ2v) is 9.63. The molecule has 0 radical (unpaired) electrons. The Balaban J connectivity index is 2.71. The topological polar surface area (TPSA) is 74.6 Å². The largest absolute Gasteiger partial charge is 0.481 e. The monoisotopic (exact) mass is 382 g/mol. The van der Waals surface area contributed by atoms with Crippen LogP contribution in [0.1, 0.15) is 111 Å². The predicted octanol–water partition coefficient (Wildman–Crippen LogP) is 6.53. The first-order valence-corrected chi connectivity index (χ1v) is 11.1. The van der Waals surface area contributed by atoms with Gasteiger partial charge in [-0.3, -0.25) is 9.59 Å². The number of carbonyl (C=O) groups is 2. The minimum absolute atomic E-state index is 0.180. The molecule has 2 unspecified atom stereocenters. The Morgan fingerprint density at radius 1 is 0.741 bits per heavy atom. The zero-order valence-electron chi connectivity index (χ0n) is 18.1. The molecule has 0 amide bonds. The van der Waals surface area contributed by atoms with E-state index in [1.165, 1.54) is 25.7 Å². The van der Waals surface area contributed by atoms with E-state index in [4.69, 9.17) is 0 Å². The van der Waals surface area contributed by atoms with E-state index in [0.29, 0.717) is 25.7 Å². The Bertz CT molecular complexity index is 471. The van der Waals surface area contributed by atoms with Gasteiger partial charge in [-0.1, -0.05) is 85.5 Å². The molecule has 4 heteroatoms. The van der Waals surface area contributed by atoms with Crippen molar-refractivity contribution in [1.82, 2.24) is 0 Å². The Morgan fingerprint density at radius 3 is 1.70 bits per heavy atom. The van der Waals surface area contributed by atoms with E-state index in [-0.39, 0.29) is 5.92 Å². The van der Waals surface area contributed by atoms with Crippen molar-refractivity contribution < 1.29 is 19.8 Å². The molecule has 2 N–H and O–H groups in total. The van der Waals surface area contributed by atoms with E-state index in [1.807, 2.05) is 13.8 Å². The second kappa shape index (κ2) is 11.1. The molecule has 1 aliphatic carbocycles. The quantitative estimate of drug-likeness (QED) is 0.355. The number of unbranched alkanes of at least 4 members (excludes halogenated alkanes) is 5. The van der Waals surface area contributed by atoms with Gasteiger partial charge in [-0.2, -0.15) is 0 Å². The molecule has 0 aliphatic heterocycles. The molecule has 0 heterocycles. The fourth-order valence-corrected chi connectivity index (χ4v) is 5.19. The molecule has 1 rings (SSSR count). The maximum Gasteiger partial charge on any atom is 0.310 e. The van der Waals surface area contributed by atoms with Gasteiger partial charge in [0.1, 0.15) is 0 Å². The Morgan fingerprint density at radius 2 is 1.22 bits per heavy atom. The van der Waals surface area contributed by atoms with E-state index in [1.54, 1.807) is 0 Å². The third kappa shape index (κ3) is 6.22. The molecule has 27 heavy (non-hydrogen) atoms. The zero-order valence-corrected chi connectivity index (χ0v) is 18.1. The first-order chi connectivity index (χ1) is 12.7. The number of rotatable bonds is 13. The van der Waals surface area contributed by atoms with E-state index in [9.17, 15) is 19.8 Å². The zero-order chi connectivity index (χ0) is 20.5. The van der Waals surface area contributed by atoms with Crippen molar-refractivity contribution in [2.75, 3.05) is 0 Å². The third-order valence-corrected chi connectivity index (χ3v) is 6.58. The van der Waals surface area contributed by atoms with Crippen LogP contribution in [0.25, 0.3) is 0 Å². The lowest BCUT2D eigenvalue weighted by atomic mass is 9.51. The highest BCUT2D eigenvalue weighted by molar-refractivity contribution is 5.87. The molecule has 0 aromatic carbocycles. The number of hydrogen-bond acceptors (Lipinski definition) is 2. The molecule has 2 atom stereocenters. The lowest BCUT2D eigenvalue weighted by molar-refractivity contribution is -0.183. The van der Waals surface area contributed by atoms with Gasteiger partial charge in [0.15, 0.2) is 0 Å². The van der Waals surface area contributed by atoms with Crippen LogP contribution in [0.5, 0.6) is 0 Å². The van der Waals surface area contributed by atoms with Gasteiger partial charge in [0.05, 0.1) is 10.8 Å². The summed E-state index contributed by atoms with van der Waals surface area (Å²) in [7, 11) is 0. The van der Waals surface area contributed by atoms with Crippen molar-refractivity contribution in [3.05, 3.63) is 0 Å². The molecule has 158 valence electrons. The lowest BCUT2D eigenvalue weighted by Gasteiger charge is -2.49. The Kier molecular flexibility index (Phi) is 9.83. The summed E-state index contributed by atoms with van der Waals surface area (Å²) in [5.41, 5.74) is -2.21. The number of carboxylic acid groups (broad SMARTS) is 2. The van der Waals surface area contributed by atoms with Crippen LogP contribution in [0.3, 0.4) is 0 Å². The summed E-state index contributed by atoms with van der Waals surface area (Å²) in [4.78, 5) is 24.7. The van der Waals surface area contributed by atoms with Crippen molar-refractivity contribution in [2.45, 2.75) is 111 Å². The average molecular weight is 383 g/mol. The van der Waals surface area contributed by atoms with Crippen molar-refractivity contribution in [2.24, 2.45) is 22.7 Å². The molecule has 1 fully saturated rings. The van der Waals surface area contributed by atoms with Crippen LogP contribution >= 0.6 is 0 Å². The fourth-order valence-electron chi connectivity index (χ4n) is 5.19. The highest BCUT2D eigenvalue weighted by Gasteiger charge is 2.61. The molecule has 0 bridgehead atoms. The van der Waals surface area contributed by atoms with Gasteiger partial charge in [-0.25, -0.2) is 0 Å². The molecular formula is C23H42O4. The molecule has 0 spiro atoms. The van der Waals surface area contributed by atoms with Gasteiger partial charge in [0, 0.05) is 0 Å². The Labute approximate surface area is 166 Å². The maximum atomic E-state index is 12.4. The SMILES string of the molecule is CC(C)CCCCCCCCC1(C(=O)O)CCCCC1(CC(C)C)C(=O)O. The molecule has 0 aromatic rings. The van der Waals surface area contributed by atoms with Crippen LogP contribution in [0.2, 0.25) is 0 Å². The van der Waals surface area contributed by atoms with E-state index in [0.717, 1.165) is 38.0 Å². The van der Waals surface area contributed by atoms with Gasteiger partial charge in [0.2, 0.25) is 0 Å². The van der Waals surface area contributed by atoms with Gasteiger partial charge in [0.25, 0.3) is 0 Å². The first kappa shape index (κ1) is 24.0. The summed E-state index contributed by atoms with van der Waals surface area (Å²) in [6.45, 7) is 8.51. The van der Waals surface area contributed by atoms with Crippen LogP contribution in [-0.4, -0.2) is 22.2 Å². The van der Waals surface area contributed by atoms with Crippen molar-refractivity contribution in [3.63, 3.8) is 0 Å². The standard InChI is InChI=1S/C23H42O4/c1-18(2)13-9-7-5-6-8-10-14-22(20(24)25)15-11-12-16-23(22,21(26)27)17-19(3)4/h18-19H,5-17H2,1-4H3,(H,24,25)(H,26,27). The van der Waals surface area contributed by atoms with E-state index < -0.39 is 22.8 Å². The second-order valence-electron chi connectivity index (χ2n) is 9.63. The average Bonchev–Trinajstić information content (AvgIpc) is 2.57. The van der Waals surface area contributed by atoms with E-state index in [2.05, 4.69) is 13.8 Å². The summed E-state index contributed by atoms with van der Waals surface area (Å²) in [6.07, 6.45) is 11.6. The number of hydrogen-bond donors (Lipinski definition) is 2. The number of carboxylic acids is 2. The molecule has 0 aromatic heterocycles. The van der Waals surface area contributed by atoms with Crippen LogP contribution in [-0.2, 0) is 9.59 Å².